The molecule has 1 aliphatic heterocycles. The van der Waals surface area contributed by atoms with Crippen LogP contribution in [0.25, 0.3) is 11.1 Å². The maximum atomic E-state index is 6.52. The van der Waals surface area contributed by atoms with E-state index < -0.39 is 5.60 Å². The van der Waals surface area contributed by atoms with Gasteiger partial charge in [0.2, 0.25) is 0 Å². The number of fused-ring (bicyclic) bond motifs is 3. The fourth-order valence-electron chi connectivity index (χ4n) is 4.28. The Bertz CT molecular complexity index is 938. The number of ether oxygens (including phenoxy) is 2. The van der Waals surface area contributed by atoms with Crippen LogP contribution in [0.15, 0.2) is 42.0 Å². The summed E-state index contributed by atoms with van der Waals surface area (Å²) in [6, 6.07) is 10.5. The van der Waals surface area contributed by atoms with Gasteiger partial charge in [-0.1, -0.05) is 43.2 Å². The zero-order chi connectivity index (χ0) is 22.1. The maximum absolute atomic E-state index is 6.52. The molecule has 0 spiro atoms. The Morgan fingerprint density at radius 2 is 1.90 bits per heavy atom. The van der Waals surface area contributed by atoms with Crippen LogP contribution in [0.5, 0.6) is 11.5 Å². The molecular weight excluding hydrogens is 392 g/mol. The van der Waals surface area contributed by atoms with E-state index in [0.29, 0.717) is 18.4 Å². The van der Waals surface area contributed by atoms with Gasteiger partial charge in [-0.05, 0) is 94.7 Å². The summed E-state index contributed by atoms with van der Waals surface area (Å²) in [7, 11) is 0. The summed E-state index contributed by atoms with van der Waals surface area (Å²) in [4.78, 5) is 0. The lowest BCUT2D eigenvalue weighted by Gasteiger charge is -2.36. The predicted molar refractivity (Wildman–Crippen MR) is 128 cm³/mol. The van der Waals surface area contributed by atoms with E-state index in [0.717, 1.165) is 46.1 Å². The van der Waals surface area contributed by atoms with Crippen LogP contribution in [-0.4, -0.2) is 6.61 Å². The van der Waals surface area contributed by atoms with Crippen LogP contribution in [-0.2, 0) is 5.60 Å². The quantitative estimate of drug-likeness (QED) is 0.413. The molecule has 0 bridgehead atoms. The molecular formula is C27H35ClO2. The largest absolute Gasteiger partial charge is 0.493 e. The summed E-state index contributed by atoms with van der Waals surface area (Å²) in [6.45, 7) is 15.8. The minimum atomic E-state index is -0.423. The van der Waals surface area contributed by atoms with Gasteiger partial charge >= 0.3 is 0 Å². The number of rotatable bonds is 7. The second-order valence-electron chi connectivity index (χ2n) is 9.25. The lowest BCUT2D eigenvalue weighted by molar-refractivity contribution is 0.105. The molecule has 0 saturated heterocycles. The van der Waals surface area contributed by atoms with Crippen LogP contribution in [0.3, 0.4) is 0 Å². The Morgan fingerprint density at radius 3 is 2.57 bits per heavy atom. The minimum absolute atomic E-state index is 0.410. The van der Waals surface area contributed by atoms with Crippen LogP contribution in [0.4, 0.5) is 0 Å². The zero-order valence-corrected chi connectivity index (χ0v) is 20.2. The van der Waals surface area contributed by atoms with Gasteiger partial charge in [0, 0.05) is 10.6 Å². The second kappa shape index (κ2) is 9.06. The summed E-state index contributed by atoms with van der Waals surface area (Å²) in [5, 5.41) is 0.727. The number of allylic oxidation sites excluding steroid dienone is 2. The SMILES string of the molecule is CCOc1cc(C(C)C(C)CCC=C(C)C)cc2c1-c1cc(Cl)ccc1C(C)(C)O2. The fourth-order valence-corrected chi connectivity index (χ4v) is 4.45. The first kappa shape index (κ1) is 22.7. The predicted octanol–water partition coefficient (Wildman–Crippen LogP) is 8.52. The van der Waals surface area contributed by atoms with E-state index in [9.17, 15) is 0 Å². The average Bonchev–Trinajstić information content (AvgIpc) is 2.66. The standard InChI is InChI=1S/C27H35ClO2/c1-8-29-24-14-20(19(5)18(4)11-9-10-17(2)3)15-25-26(24)22-16-21(28)12-13-23(22)27(6,7)30-25/h10,12-16,18-19H,8-9,11H2,1-7H3. The van der Waals surface area contributed by atoms with Crippen molar-refractivity contribution in [3.63, 3.8) is 0 Å². The number of benzene rings is 2. The third-order valence-corrected chi connectivity index (χ3v) is 6.44. The molecule has 162 valence electrons. The van der Waals surface area contributed by atoms with E-state index in [2.05, 4.69) is 65.8 Å². The highest BCUT2D eigenvalue weighted by Gasteiger charge is 2.35. The van der Waals surface area contributed by atoms with E-state index in [1.807, 2.05) is 19.1 Å². The van der Waals surface area contributed by atoms with Crippen molar-refractivity contribution in [1.29, 1.82) is 0 Å². The van der Waals surface area contributed by atoms with Crippen molar-refractivity contribution >= 4 is 11.6 Å². The topological polar surface area (TPSA) is 18.5 Å². The summed E-state index contributed by atoms with van der Waals surface area (Å²) < 4.78 is 12.6. The number of hydrogen-bond donors (Lipinski definition) is 0. The molecule has 0 N–H and O–H groups in total. The Morgan fingerprint density at radius 1 is 1.17 bits per heavy atom. The summed E-state index contributed by atoms with van der Waals surface area (Å²) in [5.41, 5.74) is 5.48. The molecule has 3 rings (SSSR count). The van der Waals surface area contributed by atoms with E-state index in [1.54, 1.807) is 0 Å². The summed E-state index contributed by atoms with van der Waals surface area (Å²) in [6.07, 6.45) is 4.61. The molecule has 2 aromatic carbocycles. The van der Waals surface area contributed by atoms with Gasteiger partial charge in [-0.2, -0.15) is 0 Å². The molecule has 2 atom stereocenters. The van der Waals surface area contributed by atoms with Crippen LogP contribution in [0.2, 0.25) is 5.02 Å². The second-order valence-corrected chi connectivity index (χ2v) is 9.69. The van der Waals surface area contributed by atoms with Gasteiger partial charge in [0.05, 0.1) is 12.2 Å². The lowest BCUT2D eigenvalue weighted by Crippen LogP contribution is -2.29. The molecule has 0 saturated carbocycles. The van der Waals surface area contributed by atoms with Gasteiger partial charge in [0.1, 0.15) is 17.1 Å². The minimum Gasteiger partial charge on any atom is -0.493 e. The van der Waals surface area contributed by atoms with Gasteiger partial charge in [0.25, 0.3) is 0 Å². The van der Waals surface area contributed by atoms with Crippen molar-refractivity contribution in [2.75, 3.05) is 6.61 Å². The highest BCUT2D eigenvalue weighted by Crippen LogP contribution is 2.51. The van der Waals surface area contributed by atoms with E-state index in [-0.39, 0.29) is 0 Å². The van der Waals surface area contributed by atoms with Crippen LogP contribution < -0.4 is 9.47 Å². The van der Waals surface area contributed by atoms with E-state index in [1.165, 1.54) is 11.1 Å². The van der Waals surface area contributed by atoms with Crippen LogP contribution in [0.1, 0.15) is 78.4 Å². The van der Waals surface area contributed by atoms with Crippen molar-refractivity contribution in [3.8, 4) is 22.6 Å². The average molecular weight is 427 g/mol. The Labute approximate surface area is 187 Å². The third kappa shape index (κ3) is 4.70. The molecule has 2 unspecified atom stereocenters. The lowest BCUT2D eigenvalue weighted by atomic mass is 9.82. The van der Waals surface area contributed by atoms with Crippen LogP contribution >= 0.6 is 11.6 Å². The van der Waals surface area contributed by atoms with Crippen molar-refractivity contribution in [2.24, 2.45) is 5.92 Å². The molecule has 2 nitrogen and oxygen atoms in total. The Hall–Kier alpha value is -1.93. The smallest absolute Gasteiger partial charge is 0.132 e. The van der Waals surface area contributed by atoms with Crippen molar-refractivity contribution in [2.45, 2.75) is 72.8 Å². The van der Waals surface area contributed by atoms with Crippen molar-refractivity contribution < 1.29 is 9.47 Å². The highest BCUT2D eigenvalue weighted by atomic mass is 35.5. The molecule has 3 heteroatoms. The van der Waals surface area contributed by atoms with Gasteiger partial charge < -0.3 is 9.47 Å². The summed E-state index contributed by atoms with van der Waals surface area (Å²) >= 11 is 6.37. The Kier molecular flexibility index (Phi) is 6.87. The van der Waals surface area contributed by atoms with Gasteiger partial charge in [0.15, 0.2) is 0 Å². The first-order valence-corrected chi connectivity index (χ1v) is 11.4. The molecule has 0 amide bonds. The first-order valence-electron chi connectivity index (χ1n) is 11.1. The maximum Gasteiger partial charge on any atom is 0.132 e. The molecule has 1 heterocycles. The molecule has 0 radical (unpaired) electrons. The van der Waals surface area contributed by atoms with Crippen molar-refractivity contribution in [1.82, 2.24) is 0 Å². The molecule has 0 aliphatic carbocycles. The molecule has 30 heavy (non-hydrogen) atoms. The molecule has 0 fully saturated rings. The van der Waals surface area contributed by atoms with Gasteiger partial charge in [-0.25, -0.2) is 0 Å². The van der Waals surface area contributed by atoms with Crippen molar-refractivity contribution in [3.05, 3.63) is 58.1 Å². The van der Waals surface area contributed by atoms with Gasteiger partial charge in [-0.3, -0.25) is 0 Å². The Balaban J connectivity index is 2.05. The normalized spacial score (nSPS) is 16.0. The molecule has 2 aromatic rings. The van der Waals surface area contributed by atoms with Crippen LogP contribution in [0, 0.1) is 5.92 Å². The molecule has 1 aliphatic rings. The highest BCUT2D eigenvalue weighted by molar-refractivity contribution is 6.31. The number of halogens is 1. The van der Waals surface area contributed by atoms with E-state index in [4.69, 9.17) is 21.1 Å². The molecule has 0 aromatic heterocycles. The summed E-state index contributed by atoms with van der Waals surface area (Å²) in [5.74, 6) is 2.74. The third-order valence-electron chi connectivity index (χ3n) is 6.21. The first-order chi connectivity index (χ1) is 14.1. The van der Waals surface area contributed by atoms with E-state index >= 15 is 0 Å². The van der Waals surface area contributed by atoms with Gasteiger partial charge in [-0.15, -0.1) is 0 Å². The fraction of sp³-hybridized carbons (Fsp3) is 0.481. The zero-order valence-electron chi connectivity index (χ0n) is 19.4. The number of hydrogen-bond acceptors (Lipinski definition) is 2. The monoisotopic (exact) mass is 426 g/mol.